The first-order chi connectivity index (χ1) is 5.13. The highest BCUT2D eigenvalue weighted by Crippen LogP contribution is 2.07. The Balaban J connectivity index is 2.59. The quantitative estimate of drug-likeness (QED) is 0.623. The molecule has 0 aliphatic carbocycles. The van der Waals surface area contributed by atoms with Crippen LogP contribution in [-0.2, 0) is 0 Å². The van der Waals surface area contributed by atoms with E-state index < -0.39 is 0 Å². The molecular formula is C8H17N3. The van der Waals surface area contributed by atoms with Gasteiger partial charge in [-0.25, -0.2) is 0 Å². The molecule has 0 radical (unpaired) electrons. The van der Waals surface area contributed by atoms with Crippen LogP contribution in [0.2, 0.25) is 0 Å². The molecule has 0 saturated carbocycles. The molecule has 0 unspecified atom stereocenters. The van der Waals surface area contributed by atoms with Gasteiger partial charge >= 0.3 is 0 Å². The Labute approximate surface area is 68.3 Å². The van der Waals surface area contributed by atoms with Gasteiger partial charge in [-0.1, -0.05) is 13.8 Å². The van der Waals surface area contributed by atoms with Gasteiger partial charge in [-0.3, -0.25) is 4.99 Å². The maximum atomic E-state index is 5.94. The summed E-state index contributed by atoms with van der Waals surface area (Å²) in [4.78, 5) is 6.50. The van der Waals surface area contributed by atoms with Crippen LogP contribution in [0.15, 0.2) is 4.99 Å². The van der Waals surface area contributed by atoms with Gasteiger partial charge in [0, 0.05) is 13.6 Å². The van der Waals surface area contributed by atoms with Crippen LogP contribution in [0.25, 0.3) is 0 Å². The number of likely N-dealkylation sites (N-methyl/N-ethyl adjacent to an activating group) is 1. The van der Waals surface area contributed by atoms with Gasteiger partial charge in [0.15, 0.2) is 0 Å². The highest BCUT2D eigenvalue weighted by Gasteiger charge is 2.21. The first kappa shape index (κ1) is 8.53. The van der Waals surface area contributed by atoms with E-state index in [9.17, 15) is 0 Å². The summed E-state index contributed by atoms with van der Waals surface area (Å²) in [5.41, 5.74) is 5.94. The molecule has 3 heteroatoms. The number of nitrogens with zero attached hydrogens (tertiary/aromatic N) is 2. The summed E-state index contributed by atoms with van der Waals surface area (Å²) >= 11 is 0. The van der Waals surface area contributed by atoms with Crippen molar-refractivity contribution in [2.75, 3.05) is 20.1 Å². The number of nitrogens with two attached hydrogens (primary N) is 1. The SMILES string of the molecule is CC(C)[C@H](N)C1=NCCN1C. The zero-order valence-corrected chi connectivity index (χ0v) is 7.54. The molecule has 3 nitrogen and oxygen atoms in total. The molecule has 1 aliphatic heterocycles. The molecule has 0 aromatic heterocycles. The lowest BCUT2D eigenvalue weighted by atomic mass is 10.0. The summed E-state index contributed by atoms with van der Waals surface area (Å²) in [7, 11) is 2.05. The third-order valence-corrected chi connectivity index (χ3v) is 2.12. The van der Waals surface area contributed by atoms with Gasteiger partial charge in [-0.05, 0) is 5.92 Å². The molecule has 0 bridgehead atoms. The zero-order chi connectivity index (χ0) is 8.43. The molecule has 0 aromatic carbocycles. The van der Waals surface area contributed by atoms with E-state index in [-0.39, 0.29) is 6.04 Å². The molecule has 1 atom stereocenters. The van der Waals surface area contributed by atoms with Gasteiger partial charge in [0.1, 0.15) is 5.84 Å². The lowest BCUT2D eigenvalue weighted by Crippen LogP contribution is -2.42. The lowest BCUT2D eigenvalue weighted by molar-refractivity contribution is 0.497. The second kappa shape index (κ2) is 3.22. The van der Waals surface area contributed by atoms with Crippen LogP contribution >= 0.6 is 0 Å². The molecule has 1 aliphatic rings. The molecular weight excluding hydrogens is 138 g/mol. The minimum atomic E-state index is 0.113. The Morgan fingerprint density at radius 2 is 2.18 bits per heavy atom. The summed E-state index contributed by atoms with van der Waals surface area (Å²) in [6.45, 7) is 6.18. The highest BCUT2D eigenvalue weighted by atomic mass is 15.2. The van der Waals surface area contributed by atoms with E-state index in [4.69, 9.17) is 5.73 Å². The molecule has 1 rings (SSSR count). The molecule has 0 spiro atoms. The molecule has 0 aromatic rings. The van der Waals surface area contributed by atoms with Crippen LogP contribution in [0.3, 0.4) is 0 Å². The lowest BCUT2D eigenvalue weighted by Gasteiger charge is -2.22. The fraction of sp³-hybridized carbons (Fsp3) is 0.875. The average Bonchev–Trinajstić information content (AvgIpc) is 2.33. The Hall–Kier alpha value is -0.570. The van der Waals surface area contributed by atoms with Gasteiger partial charge in [-0.15, -0.1) is 0 Å². The maximum Gasteiger partial charge on any atom is 0.116 e. The molecule has 1 heterocycles. The monoisotopic (exact) mass is 155 g/mol. The Morgan fingerprint density at radius 3 is 2.55 bits per heavy atom. The van der Waals surface area contributed by atoms with Crippen molar-refractivity contribution in [3.05, 3.63) is 0 Å². The third kappa shape index (κ3) is 1.71. The fourth-order valence-corrected chi connectivity index (χ4v) is 1.21. The van der Waals surface area contributed by atoms with Crippen LogP contribution in [-0.4, -0.2) is 36.9 Å². The van der Waals surface area contributed by atoms with Crippen LogP contribution < -0.4 is 5.73 Å². The van der Waals surface area contributed by atoms with Crippen molar-refractivity contribution in [1.29, 1.82) is 0 Å². The van der Waals surface area contributed by atoms with Gasteiger partial charge < -0.3 is 10.6 Å². The van der Waals surface area contributed by atoms with E-state index in [2.05, 4.69) is 23.7 Å². The summed E-state index contributed by atoms with van der Waals surface area (Å²) in [5, 5.41) is 0. The molecule has 2 N–H and O–H groups in total. The maximum absolute atomic E-state index is 5.94. The van der Waals surface area contributed by atoms with Crippen molar-refractivity contribution in [1.82, 2.24) is 4.90 Å². The van der Waals surface area contributed by atoms with Gasteiger partial charge in [0.2, 0.25) is 0 Å². The molecule has 11 heavy (non-hydrogen) atoms. The first-order valence-corrected chi connectivity index (χ1v) is 4.14. The van der Waals surface area contributed by atoms with E-state index in [1.54, 1.807) is 0 Å². The van der Waals surface area contributed by atoms with E-state index in [1.807, 2.05) is 7.05 Å². The second-order valence-electron chi connectivity index (χ2n) is 3.43. The minimum absolute atomic E-state index is 0.113. The number of aliphatic imine (C=N–C) groups is 1. The largest absolute Gasteiger partial charge is 0.360 e. The topological polar surface area (TPSA) is 41.6 Å². The van der Waals surface area contributed by atoms with Crippen molar-refractivity contribution >= 4 is 5.84 Å². The Morgan fingerprint density at radius 1 is 1.55 bits per heavy atom. The van der Waals surface area contributed by atoms with Crippen molar-refractivity contribution < 1.29 is 0 Å². The molecule has 0 amide bonds. The molecule has 0 fully saturated rings. The van der Waals surface area contributed by atoms with Crippen LogP contribution in [0.1, 0.15) is 13.8 Å². The summed E-state index contributed by atoms with van der Waals surface area (Å²) in [5.74, 6) is 1.55. The predicted molar refractivity (Wildman–Crippen MR) is 47.7 cm³/mol. The fourth-order valence-electron chi connectivity index (χ4n) is 1.21. The van der Waals surface area contributed by atoms with Crippen molar-refractivity contribution in [3.63, 3.8) is 0 Å². The van der Waals surface area contributed by atoms with Gasteiger partial charge in [0.05, 0.1) is 12.6 Å². The summed E-state index contributed by atoms with van der Waals surface area (Å²) in [6, 6.07) is 0.113. The Kier molecular flexibility index (Phi) is 2.49. The summed E-state index contributed by atoms with van der Waals surface area (Å²) in [6.07, 6.45) is 0. The molecule has 64 valence electrons. The van der Waals surface area contributed by atoms with Gasteiger partial charge in [0.25, 0.3) is 0 Å². The minimum Gasteiger partial charge on any atom is -0.360 e. The van der Waals surface area contributed by atoms with E-state index in [0.29, 0.717) is 5.92 Å². The van der Waals surface area contributed by atoms with E-state index >= 15 is 0 Å². The normalized spacial score (nSPS) is 20.8. The zero-order valence-electron chi connectivity index (χ0n) is 7.54. The Bertz CT molecular complexity index is 163. The predicted octanol–water partition coefficient (Wildman–Crippen LogP) is 0.314. The number of hydrogen-bond donors (Lipinski definition) is 1. The van der Waals surface area contributed by atoms with Crippen molar-refractivity contribution in [3.8, 4) is 0 Å². The van der Waals surface area contributed by atoms with E-state index in [0.717, 1.165) is 18.9 Å². The first-order valence-electron chi connectivity index (χ1n) is 4.14. The van der Waals surface area contributed by atoms with Crippen LogP contribution in [0, 0.1) is 5.92 Å². The van der Waals surface area contributed by atoms with Crippen LogP contribution in [0.4, 0.5) is 0 Å². The number of amidine groups is 1. The standard InChI is InChI=1S/C8H17N3/c1-6(2)7(9)8-10-4-5-11(8)3/h6-7H,4-5,9H2,1-3H3/t7-/m0/s1. The average molecular weight is 155 g/mol. The van der Waals surface area contributed by atoms with E-state index in [1.165, 1.54) is 0 Å². The second-order valence-corrected chi connectivity index (χ2v) is 3.43. The third-order valence-electron chi connectivity index (χ3n) is 2.12. The number of rotatable bonds is 2. The highest BCUT2D eigenvalue weighted by molar-refractivity contribution is 5.88. The number of hydrogen-bond acceptors (Lipinski definition) is 3. The van der Waals surface area contributed by atoms with Crippen LogP contribution in [0.5, 0.6) is 0 Å². The summed E-state index contributed by atoms with van der Waals surface area (Å²) < 4.78 is 0. The van der Waals surface area contributed by atoms with Crippen molar-refractivity contribution in [2.45, 2.75) is 19.9 Å². The van der Waals surface area contributed by atoms with Crippen molar-refractivity contribution in [2.24, 2.45) is 16.6 Å². The molecule has 0 saturated heterocycles. The van der Waals surface area contributed by atoms with Gasteiger partial charge in [-0.2, -0.15) is 0 Å². The smallest absolute Gasteiger partial charge is 0.116 e.